The SMILES string of the molecule is N[C@@H](CCC(=O)NCC(F)(F)F)C(=O)O. The Kier molecular flexibility index (Phi) is 5.06. The predicted molar refractivity (Wildman–Crippen MR) is 43.9 cm³/mol. The van der Waals surface area contributed by atoms with Crippen LogP contribution in [-0.2, 0) is 9.59 Å². The number of nitrogens with two attached hydrogens (primary N) is 1. The van der Waals surface area contributed by atoms with E-state index in [9.17, 15) is 22.8 Å². The Morgan fingerprint density at radius 1 is 1.40 bits per heavy atom. The Hall–Kier alpha value is -1.31. The molecule has 1 amide bonds. The Labute approximate surface area is 83.4 Å². The van der Waals surface area contributed by atoms with Gasteiger partial charge in [0.1, 0.15) is 12.6 Å². The third-order valence-corrected chi connectivity index (χ3v) is 1.49. The number of hydrogen-bond acceptors (Lipinski definition) is 3. The van der Waals surface area contributed by atoms with Gasteiger partial charge in [0.15, 0.2) is 0 Å². The number of carboxylic acid groups (broad SMARTS) is 1. The lowest BCUT2D eigenvalue weighted by atomic mass is 10.1. The largest absolute Gasteiger partial charge is 0.480 e. The number of halogens is 3. The maximum absolute atomic E-state index is 11.6. The molecule has 0 aliphatic carbocycles. The van der Waals surface area contributed by atoms with Crippen molar-refractivity contribution in [3.8, 4) is 0 Å². The number of nitrogens with one attached hydrogen (secondary N) is 1. The van der Waals surface area contributed by atoms with Crippen molar-refractivity contribution in [2.24, 2.45) is 5.73 Å². The molecule has 1 atom stereocenters. The van der Waals surface area contributed by atoms with Crippen LogP contribution in [0.25, 0.3) is 0 Å². The standard InChI is InChI=1S/C7H11F3N2O3/c8-7(9,10)3-12-5(13)2-1-4(11)6(14)15/h4H,1-3,11H2,(H,12,13)(H,14,15)/t4-/m0/s1. The van der Waals surface area contributed by atoms with Crippen molar-refractivity contribution in [2.45, 2.75) is 25.1 Å². The van der Waals surface area contributed by atoms with Gasteiger partial charge in [-0.15, -0.1) is 0 Å². The van der Waals surface area contributed by atoms with E-state index in [1.807, 2.05) is 0 Å². The highest BCUT2D eigenvalue weighted by molar-refractivity contribution is 5.78. The van der Waals surface area contributed by atoms with E-state index in [4.69, 9.17) is 10.8 Å². The molecule has 8 heteroatoms. The van der Waals surface area contributed by atoms with Gasteiger partial charge in [0, 0.05) is 6.42 Å². The molecule has 0 aromatic heterocycles. The molecule has 0 radical (unpaired) electrons. The third kappa shape index (κ3) is 7.74. The number of carbonyl (C=O) groups is 2. The van der Waals surface area contributed by atoms with Gasteiger partial charge in [0.2, 0.25) is 5.91 Å². The first-order valence-corrected chi connectivity index (χ1v) is 4.04. The Balaban J connectivity index is 3.72. The van der Waals surface area contributed by atoms with Gasteiger partial charge in [-0.05, 0) is 6.42 Å². The van der Waals surface area contributed by atoms with Crippen LogP contribution in [0, 0.1) is 0 Å². The molecule has 0 saturated carbocycles. The summed E-state index contributed by atoms with van der Waals surface area (Å²) in [6.45, 7) is -1.42. The van der Waals surface area contributed by atoms with E-state index in [2.05, 4.69) is 0 Å². The zero-order valence-electron chi connectivity index (χ0n) is 7.67. The molecule has 15 heavy (non-hydrogen) atoms. The molecule has 0 aliphatic heterocycles. The van der Waals surface area contributed by atoms with Crippen molar-refractivity contribution in [3.63, 3.8) is 0 Å². The normalized spacial score (nSPS) is 13.3. The third-order valence-electron chi connectivity index (χ3n) is 1.49. The monoisotopic (exact) mass is 228 g/mol. The molecule has 88 valence electrons. The maximum atomic E-state index is 11.6. The first-order valence-electron chi connectivity index (χ1n) is 4.04. The van der Waals surface area contributed by atoms with Crippen molar-refractivity contribution < 1.29 is 27.9 Å². The summed E-state index contributed by atoms with van der Waals surface area (Å²) in [5, 5.41) is 9.92. The number of aliphatic carboxylic acids is 1. The fraction of sp³-hybridized carbons (Fsp3) is 0.714. The molecule has 0 unspecified atom stereocenters. The molecular formula is C7H11F3N2O3. The zero-order valence-corrected chi connectivity index (χ0v) is 7.67. The van der Waals surface area contributed by atoms with Gasteiger partial charge in [-0.3, -0.25) is 9.59 Å². The number of amides is 1. The van der Waals surface area contributed by atoms with Gasteiger partial charge in [0.05, 0.1) is 0 Å². The van der Waals surface area contributed by atoms with Gasteiger partial charge < -0.3 is 16.2 Å². The number of hydrogen-bond donors (Lipinski definition) is 3. The lowest BCUT2D eigenvalue weighted by Crippen LogP contribution is -2.36. The van der Waals surface area contributed by atoms with E-state index in [1.165, 1.54) is 0 Å². The molecule has 0 spiro atoms. The molecule has 0 fully saturated rings. The number of carbonyl (C=O) groups excluding carboxylic acids is 1. The molecule has 0 aromatic carbocycles. The summed E-state index contributed by atoms with van der Waals surface area (Å²) in [4.78, 5) is 20.9. The van der Waals surface area contributed by atoms with Gasteiger partial charge in [-0.1, -0.05) is 0 Å². The van der Waals surface area contributed by atoms with Crippen molar-refractivity contribution >= 4 is 11.9 Å². The van der Waals surface area contributed by atoms with Crippen LogP contribution < -0.4 is 11.1 Å². The molecule has 0 aromatic rings. The second-order valence-corrected chi connectivity index (χ2v) is 2.88. The van der Waals surface area contributed by atoms with E-state index in [-0.39, 0.29) is 12.8 Å². The van der Waals surface area contributed by atoms with E-state index in [0.29, 0.717) is 0 Å². The highest BCUT2D eigenvalue weighted by Gasteiger charge is 2.27. The number of rotatable bonds is 5. The van der Waals surface area contributed by atoms with Crippen LogP contribution >= 0.6 is 0 Å². The summed E-state index contributed by atoms with van der Waals surface area (Å²) in [5.74, 6) is -2.16. The number of alkyl halides is 3. The zero-order chi connectivity index (χ0) is 12.1. The lowest BCUT2D eigenvalue weighted by molar-refractivity contribution is -0.140. The molecule has 0 rings (SSSR count). The lowest BCUT2D eigenvalue weighted by Gasteiger charge is -2.09. The average Bonchev–Trinajstić information content (AvgIpc) is 2.09. The highest BCUT2D eigenvalue weighted by Crippen LogP contribution is 2.12. The summed E-state index contributed by atoms with van der Waals surface area (Å²) >= 11 is 0. The predicted octanol–water partition coefficient (Wildman–Crippen LogP) is -0.143. The van der Waals surface area contributed by atoms with Gasteiger partial charge in [0.25, 0.3) is 0 Å². The van der Waals surface area contributed by atoms with Crippen LogP contribution in [0.15, 0.2) is 0 Å². The Morgan fingerprint density at radius 2 is 1.93 bits per heavy atom. The summed E-state index contributed by atoms with van der Waals surface area (Å²) in [6.07, 6.45) is -5.01. The first kappa shape index (κ1) is 13.7. The molecular weight excluding hydrogens is 217 g/mol. The number of carboxylic acids is 1. The molecule has 0 heterocycles. The Bertz CT molecular complexity index is 242. The van der Waals surface area contributed by atoms with Crippen LogP contribution in [0.3, 0.4) is 0 Å². The second-order valence-electron chi connectivity index (χ2n) is 2.88. The van der Waals surface area contributed by atoms with E-state index >= 15 is 0 Å². The maximum Gasteiger partial charge on any atom is 0.405 e. The van der Waals surface area contributed by atoms with E-state index < -0.39 is 30.6 Å². The van der Waals surface area contributed by atoms with Crippen LogP contribution in [-0.4, -0.2) is 35.7 Å². The Morgan fingerprint density at radius 3 is 2.33 bits per heavy atom. The van der Waals surface area contributed by atoms with Crippen LogP contribution in [0.4, 0.5) is 13.2 Å². The van der Waals surface area contributed by atoms with Crippen LogP contribution in [0.5, 0.6) is 0 Å². The van der Waals surface area contributed by atoms with E-state index in [0.717, 1.165) is 0 Å². The minimum Gasteiger partial charge on any atom is -0.480 e. The molecule has 5 nitrogen and oxygen atoms in total. The summed E-state index contributed by atoms with van der Waals surface area (Å²) in [7, 11) is 0. The summed E-state index contributed by atoms with van der Waals surface area (Å²) in [5.41, 5.74) is 5.04. The van der Waals surface area contributed by atoms with Crippen LogP contribution in [0.2, 0.25) is 0 Å². The second kappa shape index (κ2) is 5.54. The molecule has 0 saturated heterocycles. The summed E-state index contributed by atoms with van der Waals surface area (Å²) < 4.78 is 34.8. The van der Waals surface area contributed by atoms with E-state index in [1.54, 1.807) is 5.32 Å². The fourth-order valence-electron chi connectivity index (χ4n) is 0.697. The van der Waals surface area contributed by atoms with Crippen molar-refractivity contribution in [3.05, 3.63) is 0 Å². The van der Waals surface area contributed by atoms with Crippen molar-refractivity contribution in [2.75, 3.05) is 6.54 Å². The topological polar surface area (TPSA) is 92.4 Å². The van der Waals surface area contributed by atoms with Crippen molar-refractivity contribution in [1.82, 2.24) is 5.32 Å². The fourth-order valence-corrected chi connectivity index (χ4v) is 0.697. The van der Waals surface area contributed by atoms with Crippen LogP contribution in [0.1, 0.15) is 12.8 Å². The molecule has 0 aliphatic rings. The minimum absolute atomic E-state index is 0.195. The average molecular weight is 228 g/mol. The minimum atomic E-state index is -4.47. The molecule has 0 bridgehead atoms. The molecule has 4 N–H and O–H groups in total. The quantitative estimate of drug-likeness (QED) is 0.610. The van der Waals surface area contributed by atoms with Crippen molar-refractivity contribution in [1.29, 1.82) is 0 Å². The smallest absolute Gasteiger partial charge is 0.405 e. The summed E-state index contributed by atoms with van der Waals surface area (Å²) in [6, 6.07) is -1.23. The van der Waals surface area contributed by atoms with Gasteiger partial charge >= 0.3 is 12.1 Å². The highest BCUT2D eigenvalue weighted by atomic mass is 19.4. The van der Waals surface area contributed by atoms with Gasteiger partial charge in [-0.25, -0.2) is 0 Å². The first-order chi connectivity index (χ1) is 6.72. The van der Waals surface area contributed by atoms with Gasteiger partial charge in [-0.2, -0.15) is 13.2 Å².